The summed E-state index contributed by atoms with van der Waals surface area (Å²) in [6.07, 6.45) is 2.00. The van der Waals surface area contributed by atoms with Crippen molar-refractivity contribution in [2.45, 2.75) is 25.9 Å². The number of carbonyl (C=O) groups is 2. The van der Waals surface area contributed by atoms with Crippen LogP contribution in [-0.2, 0) is 20.7 Å². The van der Waals surface area contributed by atoms with Gasteiger partial charge < -0.3 is 19.8 Å². The molecule has 6 nitrogen and oxygen atoms in total. The third kappa shape index (κ3) is 3.26. The van der Waals surface area contributed by atoms with E-state index in [1.165, 1.54) is 7.11 Å². The number of rotatable bonds is 4. The minimum atomic E-state index is -0.593. The van der Waals surface area contributed by atoms with E-state index in [-0.39, 0.29) is 23.5 Å². The molecule has 3 rings (SSSR count). The zero-order valence-electron chi connectivity index (χ0n) is 14.4. The average molecular weight is 345 g/mol. The highest BCUT2D eigenvalue weighted by Crippen LogP contribution is 2.45. The highest BCUT2D eigenvalue weighted by Gasteiger charge is 2.50. The Kier molecular flexibility index (Phi) is 4.81. The van der Waals surface area contributed by atoms with E-state index in [1.807, 2.05) is 6.92 Å². The van der Waals surface area contributed by atoms with Crippen molar-refractivity contribution in [3.63, 3.8) is 0 Å². The van der Waals surface area contributed by atoms with Crippen LogP contribution in [0.15, 0.2) is 36.0 Å². The van der Waals surface area contributed by atoms with Crippen molar-refractivity contribution < 1.29 is 24.5 Å². The number of amides is 1. The molecule has 0 bridgehead atoms. The molecule has 1 saturated carbocycles. The smallest absolute Gasteiger partial charge is 0.335 e. The topological polar surface area (TPSA) is 87.1 Å². The van der Waals surface area contributed by atoms with E-state index < -0.39 is 18.0 Å². The molecule has 1 heterocycles. The predicted molar refractivity (Wildman–Crippen MR) is 90.4 cm³/mol. The number of methoxy groups -OCH3 is 1. The van der Waals surface area contributed by atoms with Crippen molar-refractivity contribution in [2.75, 3.05) is 13.7 Å². The number of phenolic OH excluding ortho intramolecular Hbond substituents is 1. The second-order valence-corrected chi connectivity index (χ2v) is 6.82. The van der Waals surface area contributed by atoms with E-state index in [1.54, 1.807) is 35.4 Å². The first-order valence-electron chi connectivity index (χ1n) is 8.49. The number of hydrogen-bond donors (Lipinski definition) is 2. The zero-order chi connectivity index (χ0) is 18.1. The number of ether oxygens (including phenoxy) is 1. The number of nitrogens with zero attached hydrogens (tertiary/aromatic N) is 1. The molecule has 134 valence electrons. The van der Waals surface area contributed by atoms with Crippen LogP contribution < -0.4 is 0 Å². The van der Waals surface area contributed by atoms with Crippen LogP contribution in [0.25, 0.3) is 0 Å². The number of fused-ring (bicyclic) bond motifs is 1. The molecule has 1 aromatic rings. The lowest BCUT2D eigenvalue weighted by Gasteiger charge is -2.34. The first kappa shape index (κ1) is 17.5. The number of aromatic hydroxyl groups is 1. The van der Waals surface area contributed by atoms with E-state index in [9.17, 15) is 19.8 Å². The van der Waals surface area contributed by atoms with Gasteiger partial charge in [0.15, 0.2) is 0 Å². The average Bonchev–Trinajstić information content (AvgIpc) is 2.90. The van der Waals surface area contributed by atoms with Gasteiger partial charge in [-0.15, -0.1) is 0 Å². The van der Waals surface area contributed by atoms with Gasteiger partial charge in [-0.1, -0.05) is 19.1 Å². The molecule has 2 aliphatic rings. The Labute approximate surface area is 146 Å². The number of esters is 1. The highest BCUT2D eigenvalue weighted by atomic mass is 16.5. The van der Waals surface area contributed by atoms with E-state index in [0.717, 1.165) is 5.56 Å². The van der Waals surface area contributed by atoms with Crippen LogP contribution in [0.2, 0.25) is 0 Å². The summed E-state index contributed by atoms with van der Waals surface area (Å²) in [4.78, 5) is 26.6. The van der Waals surface area contributed by atoms with Gasteiger partial charge in [-0.25, -0.2) is 4.79 Å². The molecule has 1 aliphatic carbocycles. The van der Waals surface area contributed by atoms with E-state index in [4.69, 9.17) is 4.74 Å². The second kappa shape index (κ2) is 6.88. The van der Waals surface area contributed by atoms with Gasteiger partial charge in [-0.2, -0.15) is 0 Å². The maximum absolute atomic E-state index is 12.9. The molecule has 0 aromatic heterocycles. The quantitative estimate of drug-likeness (QED) is 0.807. The molecule has 25 heavy (non-hydrogen) atoms. The van der Waals surface area contributed by atoms with Crippen molar-refractivity contribution in [1.29, 1.82) is 0 Å². The molecule has 4 atom stereocenters. The number of phenols is 1. The SMILES string of the molecule is COC(=O)C1=CN(CCc2ccc(O)cc2)C(=O)[C@@H]2[C@@H](C)[C@@H](O)C[C@H]12. The summed E-state index contributed by atoms with van der Waals surface area (Å²) >= 11 is 0. The van der Waals surface area contributed by atoms with Gasteiger partial charge >= 0.3 is 5.97 Å². The largest absolute Gasteiger partial charge is 0.508 e. The Morgan fingerprint density at radius 1 is 1.32 bits per heavy atom. The summed E-state index contributed by atoms with van der Waals surface area (Å²) in [7, 11) is 1.32. The van der Waals surface area contributed by atoms with Crippen molar-refractivity contribution in [1.82, 2.24) is 4.90 Å². The Hall–Kier alpha value is -2.34. The third-order valence-corrected chi connectivity index (χ3v) is 5.36. The van der Waals surface area contributed by atoms with Crippen molar-refractivity contribution in [3.05, 3.63) is 41.6 Å². The molecular formula is C19H23NO5. The molecule has 0 radical (unpaired) electrons. The highest BCUT2D eigenvalue weighted by molar-refractivity contribution is 5.94. The molecule has 1 aromatic carbocycles. The summed E-state index contributed by atoms with van der Waals surface area (Å²) in [6.45, 7) is 2.28. The van der Waals surface area contributed by atoms with Crippen LogP contribution in [-0.4, -0.2) is 46.7 Å². The number of carbonyl (C=O) groups excluding carboxylic acids is 2. The van der Waals surface area contributed by atoms with Gasteiger partial charge in [0.2, 0.25) is 5.91 Å². The van der Waals surface area contributed by atoms with Crippen LogP contribution in [0, 0.1) is 17.8 Å². The fourth-order valence-corrected chi connectivity index (χ4v) is 3.87. The van der Waals surface area contributed by atoms with E-state index >= 15 is 0 Å². The lowest BCUT2D eigenvalue weighted by atomic mass is 9.81. The summed E-state index contributed by atoms with van der Waals surface area (Å²) in [5, 5.41) is 19.5. The minimum Gasteiger partial charge on any atom is -0.508 e. The molecule has 1 fully saturated rings. The van der Waals surface area contributed by atoms with Gasteiger partial charge in [0.1, 0.15) is 5.75 Å². The summed E-state index contributed by atoms with van der Waals surface area (Å²) in [6, 6.07) is 6.82. The molecule has 6 heteroatoms. The van der Waals surface area contributed by atoms with E-state index in [2.05, 4.69) is 0 Å². The Balaban J connectivity index is 1.82. The minimum absolute atomic E-state index is 0.0551. The number of aliphatic hydroxyl groups excluding tert-OH is 1. The Morgan fingerprint density at radius 2 is 2.00 bits per heavy atom. The second-order valence-electron chi connectivity index (χ2n) is 6.82. The van der Waals surface area contributed by atoms with Gasteiger partial charge in [-0.05, 0) is 36.5 Å². The lowest BCUT2D eigenvalue weighted by molar-refractivity contribution is -0.140. The fraction of sp³-hybridized carbons (Fsp3) is 0.474. The predicted octanol–water partition coefficient (Wildman–Crippen LogP) is 1.47. The lowest BCUT2D eigenvalue weighted by Crippen LogP contribution is -2.43. The van der Waals surface area contributed by atoms with Gasteiger partial charge in [0.05, 0.1) is 24.7 Å². The molecule has 2 N–H and O–H groups in total. The van der Waals surface area contributed by atoms with Gasteiger partial charge in [-0.3, -0.25) is 4.79 Å². The molecule has 1 amide bonds. The van der Waals surface area contributed by atoms with Gasteiger partial charge in [0.25, 0.3) is 0 Å². The maximum atomic E-state index is 12.9. The monoisotopic (exact) mass is 345 g/mol. The number of hydrogen-bond acceptors (Lipinski definition) is 5. The summed E-state index contributed by atoms with van der Waals surface area (Å²) in [5.74, 6) is -1.17. The molecule has 1 aliphatic heterocycles. The third-order valence-electron chi connectivity index (χ3n) is 5.36. The van der Waals surface area contributed by atoms with Crippen LogP contribution in [0.5, 0.6) is 5.75 Å². The first-order valence-corrected chi connectivity index (χ1v) is 8.49. The summed E-state index contributed by atoms with van der Waals surface area (Å²) in [5.41, 5.74) is 1.45. The first-order chi connectivity index (χ1) is 11.9. The molecule has 0 unspecified atom stereocenters. The van der Waals surface area contributed by atoms with E-state index in [0.29, 0.717) is 25.0 Å². The van der Waals surface area contributed by atoms with Crippen LogP contribution in [0.3, 0.4) is 0 Å². The molecular weight excluding hydrogens is 322 g/mol. The van der Waals surface area contributed by atoms with Crippen molar-refractivity contribution in [3.8, 4) is 5.75 Å². The van der Waals surface area contributed by atoms with Crippen LogP contribution >= 0.6 is 0 Å². The Morgan fingerprint density at radius 3 is 2.64 bits per heavy atom. The van der Waals surface area contributed by atoms with Crippen LogP contribution in [0.4, 0.5) is 0 Å². The number of benzene rings is 1. The summed E-state index contributed by atoms with van der Waals surface area (Å²) < 4.78 is 4.87. The number of aliphatic hydroxyl groups is 1. The van der Waals surface area contributed by atoms with Crippen molar-refractivity contribution >= 4 is 11.9 Å². The van der Waals surface area contributed by atoms with Gasteiger partial charge in [0, 0.05) is 18.7 Å². The van der Waals surface area contributed by atoms with Crippen molar-refractivity contribution in [2.24, 2.45) is 17.8 Å². The molecule has 0 spiro atoms. The fourth-order valence-electron chi connectivity index (χ4n) is 3.87. The van der Waals surface area contributed by atoms with Crippen LogP contribution in [0.1, 0.15) is 18.9 Å². The zero-order valence-corrected chi connectivity index (χ0v) is 14.4. The maximum Gasteiger partial charge on any atom is 0.335 e. The normalized spacial score (nSPS) is 28.5. The Bertz CT molecular complexity index is 696. The molecule has 0 saturated heterocycles. The standard InChI is InChI=1S/C19H23NO5/c1-11-16(22)9-14-15(19(24)25-2)10-20(18(23)17(11)14)8-7-12-3-5-13(21)6-4-12/h3-6,10-11,14,16-17,21-22H,7-9H2,1-2H3/t11-,14+,16-,17+/m0/s1.